The first-order valence-corrected chi connectivity index (χ1v) is 9.44. The van der Waals surface area contributed by atoms with E-state index in [9.17, 15) is 8.78 Å². The normalized spacial score (nSPS) is 22.3. The zero-order valence-corrected chi connectivity index (χ0v) is 15.5. The Morgan fingerprint density at radius 1 is 1.15 bits per heavy atom. The Bertz CT molecular complexity index is 635. The second-order valence-electron chi connectivity index (χ2n) is 7.53. The Labute approximate surface area is 154 Å². The highest BCUT2D eigenvalue weighted by Gasteiger charge is 2.39. The molecule has 0 bridgehead atoms. The fraction of sp³-hybridized carbons (Fsp3) is 0.632. The minimum absolute atomic E-state index is 0.0136. The lowest BCUT2D eigenvalue weighted by Gasteiger charge is -2.49. The molecular weight excluding hydrogens is 336 g/mol. The number of anilines is 1. The van der Waals surface area contributed by atoms with E-state index < -0.39 is 11.6 Å². The van der Waals surface area contributed by atoms with Gasteiger partial charge in [0.25, 0.3) is 0 Å². The van der Waals surface area contributed by atoms with Crippen LogP contribution in [0.15, 0.2) is 23.2 Å². The molecule has 26 heavy (non-hydrogen) atoms. The molecule has 1 aromatic carbocycles. The molecule has 0 saturated carbocycles. The summed E-state index contributed by atoms with van der Waals surface area (Å²) in [6.07, 6.45) is 5.84. The number of piperidine rings is 2. The van der Waals surface area contributed by atoms with Gasteiger partial charge in [0.15, 0.2) is 5.96 Å². The van der Waals surface area contributed by atoms with Crippen molar-refractivity contribution in [3.05, 3.63) is 29.8 Å². The second-order valence-corrected chi connectivity index (χ2v) is 7.53. The predicted molar refractivity (Wildman–Crippen MR) is 101 cm³/mol. The van der Waals surface area contributed by atoms with Gasteiger partial charge in [0.2, 0.25) is 0 Å². The molecule has 0 atom stereocenters. The van der Waals surface area contributed by atoms with E-state index in [-0.39, 0.29) is 17.2 Å². The van der Waals surface area contributed by atoms with Crippen molar-refractivity contribution in [3.8, 4) is 0 Å². The molecule has 1 aromatic rings. The summed E-state index contributed by atoms with van der Waals surface area (Å²) in [6, 6.07) is 3.25. The lowest BCUT2D eigenvalue weighted by atomic mass is 9.84. The maximum atomic E-state index is 13.8. The molecule has 0 radical (unpaired) electrons. The van der Waals surface area contributed by atoms with Gasteiger partial charge < -0.3 is 16.0 Å². The number of halogens is 2. The van der Waals surface area contributed by atoms with Crippen LogP contribution in [0.4, 0.5) is 14.5 Å². The number of guanidine groups is 1. The molecule has 7 heteroatoms. The molecule has 3 N–H and O–H groups in total. The van der Waals surface area contributed by atoms with E-state index in [1.807, 2.05) is 0 Å². The summed E-state index contributed by atoms with van der Waals surface area (Å²) in [5.41, 5.74) is 6.01. The molecule has 5 nitrogen and oxygen atoms in total. The molecule has 2 aliphatic heterocycles. The number of aliphatic imine (C=N–C) groups is 1. The average Bonchev–Trinajstić information content (AvgIpc) is 2.65. The van der Waals surface area contributed by atoms with Gasteiger partial charge in [-0.3, -0.25) is 9.89 Å². The third-order valence-corrected chi connectivity index (χ3v) is 5.68. The second kappa shape index (κ2) is 8.31. The Balaban J connectivity index is 1.71. The predicted octanol–water partition coefficient (Wildman–Crippen LogP) is 2.64. The van der Waals surface area contributed by atoms with Crippen molar-refractivity contribution in [1.29, 1.82) is 0 Å². The topological polar surface area (TPSA) is 56.9 Å². The summed E-state index contributed by atoms with van der Waals surface area (Å²) in [5.74, 6) is -0.929. The van der Waals surface area contributed by atoms with Crippen LogP contribution in [0.3, 0.4) is 0 Å². The van der Waals surface area contributed by atoms with Gasteiger partial charge >= 0.3 is 0 Å². The monoisotopic (exact) mass is 365 g/mol. The van der Waals surface area contributed by atoms with Crippen LogP contribution >= 0.6 is 0 Å². The fourth-order valence-electron chi connectivity index (χ4n) is 3.98. The van der Waals surface area contributed by atoms with E-state index in [0.717, 1.165) is 57.2 Å². The van der Waals surface area contributed by atoms with Gasteiger partial charge in [0.1, 0.15) is 11.6 Å². The van der Waals surface area contributed by atoms with Crippen molar-refractivity contribution >= 4 is 11.6 Å². The van der Waals surface area contributed by atoms with Crippen molar-refractivity contribution < 1.29 is 8.78 Å². The molecule has 0 aromatic heterocycles. The summed E-state index contributed by atoms with van der Waals surface area (Å²) < 4.78 is 27.1. The Morgan fingerprint density at radius 2 is 1.85 bits per heavy atom. The molecule has 2 fully saturated rings. The minimum atomic E-state index is -0.547. The number of rotatable bonds is 4. The zero-order valence-electron chi connectivity index (χ0n) is 15.5. The van der Waals surface area contributed by atoms with E-state index in [0.29, 0.717) is 6.54 Å². The molecule has 0 spiro atoms. The van der Waals surface area contributed by atoms with Gasteiger partial charge in [0, 0.05) is 11.6 Å². The fourth-order valence-corrected chi connectivity index (χ4v) is 3.98. The van der Waals surface area contributed by atoms with Crippen molar-refractivity contribution in [3.63, 3.8) is 0 Å². The van der Waals surface area contributed by atoms with Gasteiger partial charge in [-0.15, -0.1) is 0 Å². The summed E-state index contributed by atoms with van der Waals surface area (Å²) in [5, 5.41) is 2.70. The van der Waals surface area contributed by atoms with Gasteiger partial charge in [0.05, 0.1) is 12.2 Å². The molecule has 2 saturated heterocycles. The first-order chi connectivity index (χ1) is 12.5. The van der Waals surface area contributed by atoms with E-state index >= 15 is 0 Å². The standard InChI is InChI=1S/C19H29F2N5/c1-25-11-7-19(8-12-25,26-9-3-2-4-10-26)14-23-18(22)24-17-13-15(20)5-6-16(17)21/h5-6,13H,2-4,7-12,14H2,1H3,(H3,22,23,24). The van der Waals surface area contributed by atoms with Crippen molar-refractivity contribution in [2.45, 2.75) is 37.6 Å². The van der Waals surface area contributed by atoms with Crippen LogP contribution in [0.25, 0.3) is 0 Å². The quantitative estimate of drug-likeness (QED) is 0.636. The number of hydrogen-bond acceptors (Lipinski definition) is 3. The lowest BCUT2D eigenvalue weighted by Crippen LogP contribution is -2.58. The molecular formula is C19H29F2N5. The number of hydrogen-bond donors (Lipinski definition) is 2. The number of nitrogens with two attached hydrogens (primary N) is 1. The summed E-state index contributed by atoms with van der Waals surface area (Å²) in [7, 11) is 2.14. The molecule has 0 unspecified atom stereocenters. The van der Waals surface area contributed by atoms with Gasteiger partial charge in [-0.2, -0.15) is 0 Å². The first-order valence-electron chi connectivity index (χ1n) is 9.44. The number of benzene rings is 1. The van der Waals surface area contributed by atoms with E-state index in [2.05, 4.69) is 27.2 Å². The number of nitrogens with zero attached hydrogens (tertiary/aromatic N) is 3. The lowest BCUT2D eigenvalue weighted by molar-refractivity contribution is 0.0209. The highest BCUT2D eigenvalue weighted by molar-refractivity contribution is 5.92. The van der Waals surface area contributed by atoms with Crippen LogP contribution in [0, 0.1) is 11.6 Å². The summed E-state index contributed by atoms with van der Waals surface area (Å²) in [4.78, 5) is 9.44. The minimum Gasteiger partial charge on any atom is -0.370 e. The van der Waals surface area contributed by atoms with Crippen molar-refractivity contribution in [1.82, 2.24) is 9.80 Å². The van der Waals surface area contributed by atoms with E-state index in [1.54, 1.807) is 0 Å². The van der Waals surface area contributed by atoms with E-state index in [1.165, 1.54) is 19.3 Å². The molecule has 0 aliphatic carbocycles. The smallest absolute Gasteiger partial charge is 0.193 e. The van der Waals surface area contributed by atoms with Gasteiger partial charge in [-0.1, -0.05) is 6.42 Å². The number of likely N-dealkylation sites (tertiary alicyclic amines) is 2. The van der Waals surface area contributed by atoms with Crippen LogP contribution in [-0.4, -0.2) is 61.1 Å². The van der Waals surface area contributed by atoms with Crippen LogP contribution in [0.5, 0.6) is 0 Å². The summed E-state index contributed by atoms with van der Waals surface area (Å²) >= 11 is 0. The Hall–Kier alpha value is -1.73. The Kier molecular flexibility index (Phi) is 6.09. The third-order valence-electron chi connectivity index (χ3n) is 5.68. The highest BCUT2D eigenvalue weighted by atomic mass is 19.1. The molecule has 0 amide bonds. The van der Waals surface area contributed by atoms with Crippen LogP contribution in [0.2, 0.25) is 0 Å². The van der Waals surface area contributed by atoms with Crippen molar-refractivity contribution in [2.24, 2.45) is 10.7 Å². The maximum absolute atomic E-state index is 13.8. The summed E-state index contributed by atoms with van der Waals surface area (Å²) in [6.45, 7) is 4.86. The maximum Gasteiger partial charge on any atom is 0.193 e. The van der Waals surface area contributed by atoms with Crippen LogP contribution in [-0.2, 0) is 0 Å². The van der Waals surface area contributed by atoms with Gasteiger partial charge in [-0.25, -0.2) is 8.78 Å². The molecule has 3 rings (SSSR count). The molecule has 2 aliphatic rings. The highest BCUT2D eigenvalue weighted by Crippen LogP contribution is 2.31. The largest absolute Gasteiger partial charge is 0.370 e. The number of nitrogens with one attached hydrogen (secondary N) is 1. The average molecular weight is 365 g/mol. The van der Waals surface area contributed by atoms with Crippen molar-refractivity contribution in [2.75, 3.05) is 45.1 Å². The van der Waals surface area contributed by atoms with E-state index in [4.69, 9.17) is 5.73 Å². The zero-order chi connectivity index (χ0) is 18.6. The van der Waals surface area contributed by atoms with Crippen LogP contribution < -0.4 is 11.1 Å². The van der Waals surface area contributed by atoms with Crippen LogP contribution in [0.1, 0.15) is 32.1 Å². The van der Waals surface area contributed by atoms with Gasteiger partial charge in [-0.05, 0) is 71.0 Å². The third kappa shape index (κ3) is 4.51. The SMILES string of the molecule is CN1CCC(CN=C(N)Nc2cc(F)ccc2F)(N2CCCCC2)CC1. The molecule has 2 heterocycles. The molecule has 144 valence electrons. The Morgan fingerprint density at radius 3 is 2.54 bits per heavy atom. The first kappa shape index (κ1) is 19.0.